The van der Waals surface area contributed by atoms with Crippen molar-refractivity contribution in [2.75, 3.05) is 26.7 Å². The minimum Gasteiger partial charge on any atom is -0.377 e. The average Bonchev–Trinajstić information content (AvgIpc) is 2.78. The molecular weight excluding hydrogens is 417 g/mol. The van der Waals surface area contributed by atoms with E-state index in [1.54, 1.807) is 7.11 Å². The smallest absolute Gasteiger partial charge is 0.377 e. The number of likely N-dealkylation sites (tertiary alicyclic amines) is 1. The van der Waals surface area contributed by atoms with Crippen LogP contribution in [-0.4, -0.2) is 49.7 Å². The molecule has 1 saturated heterocycles. The summed E-state index contributed by atoms with van der Waals surface area (Å²) in [7, 11) is 1.74. The number of halogens is 3. The molecule has 2 aliphatic rings. The zero-order valence-corrected chi connectivity index (χ0v) is 19.2. The number of carbonyl (C=O) groups excluding carboxylic acids is 1. The Kier molecular flexibility index (Phi) is 7.83. The third-order valence-electron chi connectivity index (χ3n) is 6.94. The van der Waals surface area contributed by atoms with Gasteiger partial charge in [0.15, 0.2) is 0 Å². The summed E-state index contributed by atoms with van der Waals surface area (Å²) in [5.74, 6) is 0.311. The number of hydrogen-bond acceptors (Lipinski definition) is 3. The summed E-state index contributed by atoms with van der Waals surface area (Å²) in [6.07, 6.45) is 2.10. The van der Waals surface area contributed by atoms with E-state index in [1.165, 1.54) is 23.3 Å². The summed E-state index contributed by atoms with van der Waals surface area (Å²) >= 11 is 0. The second-order valence-electron chi connectivity index (χ2n) is 8.95. The molecule has 0 radical (unpaired) electrons. The summed E-state index contributed by atoms with van der Waals surface area (Å²) in [6, 6.07) is 4.63. The van der Waals surface area contributed by atoms with Crippen molar-refractivity contribution in [1.29, 1.82) is 0 Å². The van der Waals surface area contributed by atoms with Gasteiger partial charge in [-0.3, -0.25) is 9.69 Å². The highest BCUT2D eigenvalue weighted by Crippen LogP contribution is 2.32. The maximum absolute atomic E-state index is 12.7. The first kappa shape index (κ1) is 24.5. The normalized spacial score (nSPS) is 25.7. The monoisotopic (exact) mass is 450 g/mol. The number of alkyl halides is 3. The Morgan fingerprint density at radius 2 is 1.97 bits per heavy atom. The number of hydrogen-bond donors (Lipinski definition) is 1. The molecule has 1 fully saturated rings. The van der Waals surface area contributed by atoms with Crippen molar-refractivity contribution in [3.8, 4) is 0 Å². The molecule has 0 spiro atoms. The molecule has 7 heteroatoms. The molecule has 176 valence electrons. The first-order valence-electron chi connectivity index (χ1n) is 11.2. The first-order valence-corrected chi connectivity index (χ1v) is 11.2. The Morgan fingerprint density at radius 1 is 1.28 bits per heavy atom. The zero-order valence-electron chi connectivity index (χ0n) is 19.2. The van der Waals surface area contributed by atoms with Gasteiger partial charge in [-0.25, -0.2) is 0 Å². The second kappa shape index (κ2) is 10.2. The van der Waals surface area contributed by atoms with Crippen LogP contribution in [0.4, 0.5) is 13.2 Å². The van der Waals surface area contributed by atoms with Gasteiger partial charge in [-0.15, -0.1) is 0 Å². The predicted octanol–water partition coefficient (Wildman–Crippen LogP) is 5.07. The molecule has 0 aromatic heterocycles. The summed E-state index contributed by atoms with van der Waals surface area (Å²) in [5, 5.41) is 2.91. The van der Waals surface area contributed by atoms with Gasteiger partial charge in [-0.2, -0.15) is 13.2 Å². The van der Waals surface area contributed by atoms with Gasteiger partial charge in [0.2, 0.25) is 0 Å². The molecule has 1 amide bonds. The molecule has 0 bridgehead atoms. The van der Waals surface area contributed by atoms with Crippen LogP contribution in [0.25, 0.3) is 0 Å². The van der Waals surface area contributed by atoms with Crippen LogP contribution in [0.5, 0.6) is 0 Å². The van der Waals surface area contributed by atoms with Crippen LogP contribution in [0.2, 0.25) is 0 Å². The lowest BCUT2D eigenvalue weighted by Gasteiger charge is -2.39. The Morgan fingerprint density at radius 3 is 2.59 bits per heavy atom. The molecule has 3 rings (SSSR count). The first-order chi connectivity index (χ1) is 15.1. The van der Waals surface area contributed by atoms with Gasteiger partial charge < -0.3 is 10.1 Å². The number of nitrogens with one attached hydrogen (secondary N) is 1. The largest absolute Gasteiger partial charge is 0.416 e. The van der Waals surface area contributed by atoms with Gasteiger partial charge in [-0.1, -0.05) is 24.6 Å². The van der Waals surface area contributed by atoms with Crippen LogP contribution in [0.1, 0.15) is 49.5 Å². The molecule has 1 aliphatic heterocycles. The summed E-state index contributed by atoms with van der Waals surface area (Å²) < 4.78 is 43.7. The number of benzene rings is 1. The van der Waals surface area contributed by atoms with E-state index in [9.17, 15) is 18.0 Å². The van der Waals surface area contributed by atoms with Crippen molar-refractivity contribution in [3.63, 3.8) is 0 Å². The lowest BCUT2D eigenvalue weighted by Crippen LogP contribution is -2.45. The lowest BCUT2D eigenvalue weighted by atomic mass is 9.83. The fraction of sp³-hybridized carbons (Fsp3) is 0.560. The molecular formula is C25H33F3N2O2. The fourth-order valence-corrected chi connectivity index (χ4v) is 4.72. The van der Waals surface area contributed by atoms with Gasteiger partial charge in [0, 0.05) is 37.7 Å². The molecule has 1 heterocycles. The lowest BCUT2D eigenvalue weighted by molar-refractivity contribution is -0.137. The maximum atomic E-state index is 12.7. The fourth-order valence-electron chi connectivity index (χ4n) is 4.72. The van der Waals surface area contributed by atoms with Crippen LogP contribution in [0, 0.1) is 11.8 Å². The van der Waals surface area contributed by atoms with E-state index < -0.39 is 11.7 Å². The molecule has 1 aromatic carbocycles. The Labute approximate surface area is 188 Å². The quantitative estimate of drug-likeness (QED) is 0.658. The van der Waals surface area contributed by atoms with Gasteiger partial charge in [0.25, 0.3) is 5.91 Å². The summed E-state index contributed by atoms with van der Waals surface area (Å²) in [5.41, 5.74) is 2.18. The van der Waals surface area contributed by atoms with Crippen LogP contribution < -0.4 is 5.32 Å². The van der Waals surface area contributed by atoms with E-state index in [-0.39, 0.29) is 23.6 Å². The van der Waals surface area contributed by atoms with Crippen molar-refractivity contribution in [3.05, 3.63) is 58.7 Å². The second-order valence-corrected chi connectivity index (χ2v) is 8.95. The van der Waals surface area contributed by atoms with E-state index in [1.807, 2.05) is 0 Å². The predicted molar refractivity (Wildman–Crippen MR) is 119 cm³/mol. The number of nitrogens with zero attached hydrogens (tertiary/aromatic N) is 1. The molecule has 4 unspecified atom stereocenters. The molecule has 4 nitrogen and oxygen atoms in total. The molecule has 4 atom stereocenters. The van der Waals surface area contributed by atoms with Crippen molar-refractivity contribution < 1.29 is 22.7 Å². The van der Waals surface area contributed by atoms with E-state index in [2.05, 4.69) is 43.1 Å². The van der Waals surface area contributed by atoms with Crippen molar-refractivity contribution in [2.24, 2.45) is 11.8 Å². The number of methoxy groups -OCH3 is 1. The highest BCUT2D eigenvalue weighted by Gasteiger charge is 2.31. The number of piperidine rings is 1. The Hall–Kier alpha value is -2.12. The van der Waals surface area contributed by atoms with Crippen LogP contribution in [0.3, 0.4) is 0 Å². The highest BCUT2D eigenvalue weighted by atomic mass is 19.4. The van der Waals surface area contributed by atoms with Gasteiger partial charge in [-0.05, 0) is 69.0 Å². The van der Waals surface area contributed by atoms with Gasteiger partial charge in [0.1, 0.15) is 0 Å². The number of rotatable bonds is 6. The van der Waals surface area contributed by atoms with Crippen LogP contribution in [-0.2, 0) is 10.9 Å². The summed E-state index contributed by atoms with van der Waals surface area (Å²) in [4.78, 5) is 14.9. The van der Waals surface area contributed by atoms with Crippen molar-refractivity contribution in [1.82, 2.24) is 10.2 Å². The summed E-state index contributed by atoms with van der Waals surface area (Å²) in [6.45, 7) is 9.00. The number of amides is 1. The van der Waals surface area contributed by atoms with Crippen LogP contribution >= 0.6 is 0 Å². The van der Waals surface area contributed by atoms with E-state index in [0.29, 0.717) is 18.4 Å². The molecule has 1 aromatic rings. The minimum absolute atomic E-state index is 0.112. The topological polar surface area (TPSA) is 41.6 Å². The third kappa shape index (κ3) is 5.62. The van der Waals surface area contributed by atoms with E-state index in [0.717, 1.165) is 38.1 Å². The Balaban J connectivity index is 1.56. The van der Waals surface area contributed by atoms with Crippen molar-refractivity contribution >= 4 is 5.91 Å². The standard InChI is InChI=1S/C25H33F3N2O2/c1-16-17(2)23(32-4)12-11-22(16)18(3)30-13-5-6-19(15-30)14-29-24(31)20-7-9-21(10-8-20)25(26,27)28/h7-12,17-19,23H,5-6,13-15H2,1-4H3,(H,29,31). The molecule has 1 aliphatic carbocycles. The van der Waals surface area contributed by atoms with E-state index >= 15 is 0 Å². The third-order valence-corrected chi connectivity index (χ3v) is 6.94. The Bertz CT molecular complexity index is 861. The number of ether oxygens (including phenoxy) is 1. The van der Waals surface area contributed by atoms with Gasteiger partial charge >= 0.3 is 6.18 Å². The highest BCUT2D eigenvalue weighted by molar-refractivity contribution is 5.94. The van der Waals surface area contributed by atoms with Crippen molar-refractivity contribution in [2.45, 2.75) is 51.9 Å². The SMILES string of the molecule is COC1C=CC(C(C)N2CCCC(CNC(=O)c3ccc(C(F)(F)F)cc3)C2)=C(C)C1C. The number of carbonyl (C=O) groups is 1. The molecule has 0 saturated carbocycles. The van der Waals surface area contributed by atoms with Crippen LogP contribution in [0.15, 0.2) is 47.6 Å². The van der Waals surface area contributed by atoms with E-state index in [4.69, 9.17) is 4.74 Å². The van der Waals surface area contributed by atoms with Gasteiger partial charge in [0.05, 0.1) is 11.7 Å². The maximum Gasteiger partial charge on any atom is 0.416 e. The minimum atomic E-state index is -4.40. The zero-order chi connectivity index (χ0) is 23.5. The molecule has 1 N–H and O–H groups in total. The molecule has 32 heavy (non-hydrogen) atoms. The average molecular weight is 451 g/mol.